The smallest absolute Gasteiger partial charge is 0.275 e. The summed E-state index contributed by atoms with van der Waals surface area (Å²) in [6.45, 7) is 1.52. The van der Waals surface area contributed by atoms with E-state index in [9.17, 15) is 18.4 Å². The number of halogens is 2. The average Bonchev–Trinajstić information content (AvgIpc) is 2.75. The number of aryl methyl sites for hydroxylation is 1. The molecular weight excluding hydrogens is 392 g/mol. The molecule has 0 bridgehead atoms. The fourth-order valence-electron chi connectivity index (χ4n) is 3.62. The fourth-order valence-corrected chi connectivity index (χ4v) is 3.62. The number of nitriles is 1. The lowest BCUT2D eigenvalue weighted by molar-refractivity contribution is 0.0740. The minimum atomic E-state index is -0.559. The van der Waals surface area contributed by atoms with Gasteiger partial charge in [0.15, 0.2) is 5.69 Å². The Morgan fingerprint density at radius 3 is 2.47 bits per heavy atom. The Kier molecular flexibility index (Phi) is 4.91. The first kappa shape index (κ1) is 19.5. The maximum Gasteiger partial charge on any atom is 0.275 e. The van der Waals surface area contributed by atoms with Crippen LogP contribution < -0.4 is 10.5 Å². The number of carbonyl (C=O) groups excluding carboxylic acids is 1. The standard InChI is InChI=1S/C21H17F2N5O2/c1-26-20(29)17-3-2-14(22)11-18(17)19(25-26)21(30)28-6-4-27(5-7-28)16-9-13(12-24)8-15(23)10-16/h2-3,8-11H,4-7H2,1H3. The van der Waals surface area contributed by atoms with Crippen LogP contribution in [-0.2, 0) is 7.05 Å². The third-order valence-electron chi connectivity index (χ3n) is 5.16. The summed E-state index contributed by atoms with van der Waals surface area (Å²) >= 11 is 0. The van der Waals surface area contributed by atoms with Crippen molar-refractivity contribution in [3.05, 3.63) is 69.6 Å². The number of rotatable bonds is 2. The molecule has 1 aliphatic rings. The van der Waals surface area contributed by atoms with Crippen LogP contribution >= 0.6 is 0 Å². The second kappa shape index (κ2) is 7.55. The predicted octanol–water partition coefficient (Wildman–Crippen LogP) is 2.05. The van der Waals surface area contributed by atoms with Gasteiger partial charge >= 0.3 is 0 Å². The summed E-state index contributed by atoms with van der Waals surface area (Å²) in [6.07, 6.45) is 0. The number of aromatic nitrogens is 2. The van der Waals surface area contributed by atoms with Crippen LogP contribution in [0.1, 0.15) is 16.1 Å². The molecule has 0 atom stereocenters. The summed E-state index contributed by atoms with van der Waals surface area (Å²) in [5, 5.41) is 13.5. The largest absolute Gasteiger partial charge is 0.368 e. The zero-order valence-electron chi connectivity index (χ0n) is 16.1. The summed E-state index contributed by atoms with van der Waals surface area (Å²) < 4.78 is 28.6. The molecule has 3 aromatic rings. The third kappa shape index (κ3) is 3.48. The number of nitrogens with zero attached hydrogens (tertiary/aromatic N) is 5. The van der Waals surface area contributed by atoms with E-state index in [1.807, 2.05) is 11.0 Å². The average molecular weight is 409 g/mol. The second-order valence-electron chi connectivity index (χ2n) is 7.06. The molecule has 1 aromatic heterocycles. The zero-order chi connectivity index (χ0) is 21.4. The monoisotopic (exact) mass is 409 g/mol. The molecule has 4 rings (SSSR count). The molecule has 30 heavy (non-hydrogen) atoms. The first-order chi connectivity index (χ1) is 14.4. The minimum Gasteiger partial charge on any atom is -0.368 e. The zero-order valence-corrected chi connectivity index (χ0v) is 16.1. The molecular formula is C21H17F2N5O2. The summed E-state index contributed by atoms with van der Waals surface area (Å²) in [5.74, 6) is -1.46. The van der Waals surface area contributed by atoms with E-state index in [0.717, 1.165) is 10.7 Å². The first-order valence-electron chi connectivity index (χ1n) is 9.29. The molecule has 9 heteroatoms. The summed E-state index contributed by atoms with van der Waals surface area (Å²) in [7, 11) is 1.44. The molecule has 2 heterocycles. The third-order valence-corrected chi connectivity index (χ3v) is 5.16. The van der Waals surface area contributed by atoms with E-state index >= 15 is 0 Å². The van der Waals surface area contributed by atoms with Gasteiger partial charge in [-0.2, -0.15) is 10.4 Å². The Hall–Kier alpha value is -3.80. The highest BCUT2D eigenvalue weighted by atomic mass is 19.1. The van der Waals surface area contributed by atoms with Gasteiger partial charge < -0.3 is 9.80 Å². The lowest BCUT2D eigenvalue weighted by Gasteiger charge is -2.36. The first-order valence-corrected chi connectivity index (χ1v) is 9.29. The summed E-state index contributed by atoms with van der Waals surface area (Å²) in [5.41, 5.74) is 0.404. The van der Waals surface area contributed by atoms with Crippen molar-refractivity contribution in [3.8, 4) is 6.07 Å². The van der Waals surface area contributed by atoms with Crippen molar-refractivity contribution in [1.29, 1.82) is 5.26 Å². The van der Waals surface area contributed by atoms with Crippen molar-refractivity contribution in [1.82, 2.24) is 14.7 Å². The number of piperazine rings is 1. The summed E-state index contributed by atoms with van der Waals surface area (Å²) in [6, 6.07) is 9.71. The van der Waals surface area contributed by atoms with Crippen molar-refractivity contribution in [2.24, 2.45) is 7.05 Å². The molecule has 0 spiro atoms. The van der Waals surface area contributed by atoms with Crippen molar-refractivity contribution in [3.63, 3.8) is 0 Å². The van der Waals surface area contributed by atoms with Crippen LogP contribution in [0.5, 0.6) is 0 Å². The van der Waals surface area contributed by atoms with E-state index in [-0.39, 0.29) is 22.0 Å². The quantitative estimate of drug-likeness (QED) is 0.647. The Morgan fingerprint density at radius 2 is 1.77 bits per heavy atom. The van der Waals surface area contributed by atoms with Gasteiger partial charge in [0.05, 0.1) is 17.0 Å². The van der Waals surface area contributed by atoms with E-state index in [1.54, 1.807) is 11.0 Å². The van der Waals surface area contributed by atoms with Crippen LogP contribution in [0.2, 0.25) is 0 Å². The van der Waals surface area contributed by atoms with Gasteiger partial charge in [0.2, 0.25) is 0 Å². The number of benzene rings is 2. The highest BCUT2D eigenvalue weighted by Gasteiger charge is 2.26. The van der Waals surface area contributed by atoms with Crippen LogP contribution in [0.25, 0.3) is 10.8 Å². The van der Waals surface area contributed by atoms with Crippen LogP contribution in [0.3, 0.4) is 0 Å². The lowest BCUT2D eigenvalue weighted by Crippen LogP contribution is -2.49. The number of hydrogen-bond donors (Lipinski definition) is 0. The second-order valence-corrected chi connectivity index (χ2v) is 7.06. The van der Waals surface area contributed by atoms with Gasteiger partial charge in [-0.25, -0.2) is 13.5 Å². The van der Waals surface area contributed by atoms with Crippen LogP contribution in [0.15, 0.2) is 41.2 Å². The SMILES string of the molecule is Cn1nc(C(=O)N2CCN(c3cc(F)cc(C#N)c3)CC2)c2cc(F)ccc2c1=O. The predicted molar refractivity (Wildman–Crippen MR) is 106 cm³/mol. The van der Waals surface area contributed by atoms with Crippen LogP contribution in [0, 0.1) is 23.0 Å². The molecule has 1 amide bonds. The number of hydrogen-bond acceptors (Lipinski definition) is 5. The topological polar surface area (TPSA) is 82.2 Å². The number of fused-ring (bicyclic) bond motifs is 1. The number of carbonyl (C=O) groups is 1. The van der Waals surface area contributed by atoms with E-state index in [1.165, 1.54) is 31.3 Å². The van der Waals surface area contributed by atoms with Crippen molar-refractivity contribution >= 4 is 22.4 Å². The number of anilines is 1. The fraction of sp³-hybridized carbons (Fsp3) is 0.238. The normalized spacial score (nSPS) is 14.1. The molecule has 1 fully saturated rings. The maximum atomic E-state index is 13.8. The summed E-state index contributed by atoms with van der Waals surface area (Å²) in [4.78, 5) is 28.8. The van der Waals surface area contributed by atoms with Gasteiger partial charge in [-0.05, 0) is 36.4 Å². The van der Waals surface area contributed by atoms with E-state index in [4.69, 9.17) is 5.26 Å². The van der Waals surface area contributed by atoms with E-state index < -0.39 is 23.1 Å². The Labute approximate surface area is 170 Å². The molecule has 0 unspecified atom stereocenters. The highest BCUT2D eigenvalue weighted by molar-refractivity contribution is 6.04. The van der Waals surface area contributed by atoms with Crippen molar-refractivity contribution < 1.29 is 13.6 Å². The van der Waals surface area contributed by atoms with E-state index in [2.05, 4.69) is 5.10 Å². The minimum absolute atomic E-state index is 0.0116. The Bertz CT molecular complexity index is 1260. The molecule has 0 saturated carbocycles. The highest BCUT2D eigenvalue weighted by Crippen LogP contribution is 2.22. The van der Waals surface area contributed by atoms with Crippen molar-refractivity contribution in [2.75, 3.05) is 31.1 Å². The lowest BCUT2D eigenvalue weighted by atomic mass is 10.1. The molecule has 1 saturated heterocycles. The van der Waals surface area contributed by atoms with Crippen LogP contribution in [0.4, 0.5) is 14.5 Å². The molecule has 152 valence electrons. The van der Waals surface area contributed by atoms with Crippen molar-refractivity contribution in [2.45, 2.75) is 0 Å². The maximum absolute atomic E-state index is 13.8. The van der Waals surface area contributed by atoms with Gasteiger partial charge in [0, 0.05) is 44.3 Å². The Balaban J connectivity index is 1.59. The van der Waals surface area contributed by atoms with Gasteiger partial charge in [-0.15, -0.1) is 0 Å². The molecule has 0 N–H and O–H groups in total. The van der Waals surface area contributed by atoms with Crippen LogP contribution in [-0.4, -0.2) is 46.8 Å². The molecule has 0 aliphatic carbocycles. The number of amides is 1. The van der Waals surface area contributed by atoms with Gasteiger partial charge in [-0.1, -0.05) is 0 Å². The Morgan fingerprint density at radius 1 is 1.03 bits per heavy atom. The molecule has 2 aromatic carbocycles. The molecule has 7 nitrogen and oxygen atoms in total. The van der Waals surface area contributed by atoms with Gasteiger partial charge in [0.25, 0.3) is 11.5 Å². The van der Waals surface area contributed by atoms with Gasteiger partial charge in [-0.3, -0.25) is 9.59 Å². The molecule has 1 aliphatic heterocycles. The molecule has 0 radical (unpaired) electrons. The van der Waals surface area contributed by atoms with E-state index in [0.29, 0.717) is 31.9 Å². The van der Waals surface area contributed by atoms with Gasteiger partial charge in [0.1, 0.15) is 11.6 Å².